The van der Waals surface area contributed by atoms with Crippen molar-refractivity contribution in [1.29, 1.82) is 5.26 Å². The van der Waals surface area contributed by atoms with E-state index in [9.17, 15) is 4.79 Å². The van der Waals surface area contributed by atoms with Gasteiger partial charge in [-0.05, 0) is 0 Å². The second kappa shape index (κ2) is 7.34. The molecule has 1 unspecified atom stereocenters. The number of hydrogen-bond acceptors (Lipinski definition) is 4. The molecular weight excluding hydrogens is 289 g/mol. The summed E-state index contributed by atoms with van der Waals surface area (Å²) < 4.78 is 5.65. The Hall–Kier alpha value is -0.951. The molecule has 0 aromatic heterocycles. The zero-order chi connectivity index (χ0) is 11.8. The van der Waals surface area contributed by atoms with E-state index in [0.29, 0.717) is 6.61 Å². The van der Waals surface area contributed by atoms with E-state index in [-0.39, 0.29) is 25.1 Å². The van der Waals surface area contributed by atoms with Crippen molar-refractivity contribution in [2.75, 3.05) is 6.61 Å². The van der Waals surface area contributed by atoms with E-state index in [1.165, 1.54) is 0 Å². The van der Waals surface area contributed by atoms with Gasteiger partial charge in [0.2, 0.25) is 0 Å². The molecule has 0 bridgehead atoms. The molecule has 0 aliphatic carbocycles. The van der Waals surface area contributed by atoms with Gasteiger partial charge in [-0.2, -0.15) is 0 Å². The van der Waals surface area contributed by atoms with E-state index in [2.05, 4.69) is 0 Å². The molecule has 1 aromatic rings. The number of esters is 1. The summed E-state index contributed by atoms with van der Waals surface area (Å²) in [5, 5.41) is 10.6. The number of hydrogen-bond donors (Lipinski definition) is 0. The second-order valence-electron chi connectivity index (χ2n) is 2.72. The first-order chi connectivity index (χ1) is 7.77. The number of nitrogens with zero attached hydrogens (tertiary/aromatic N) is 1. The van der Waals surface area contributed by atoms with Crippen LogP contribution in [0, 0.1) is 10.7 Å². The van der Waals surface area contributed by atoms with Crippen LogP contribution in [-0.4, -0.2) is 31.7 Å². The van der Waals surface area contributed by atoms with E-state index < -0.39 is 0 Å². The van der Waals surface area contributed by atoms with Crippen molar-refractivity contribution in [2.24, 2.45) is 0 Å². The summed E-state index contributed by atoms with van der Waals surface area (Å²) in [5.74, 6) is -0.294. The van der Waals surface area contributed by atoms with Gasteiger partial charge in [-0.15, -0.1) is 0 Å². The van der Waals surface area contributed by atoms with E-state index in [0.717, 1.165) is 16.2 Å². The van der Waals surface area contributed by atoms with Crippen LogP contribution in [0.25, 0.3) is 0 Å². The molecule has 0 saturated carbocycles. The summed E-state index contributed by atoms with van der Waals surface area (Å²) in [6.07, 6.45) is 0. The molecule has 1 rings (SSSR count). The van der Waals surface area contributed by atoms with Crippen LogP contribution >= 0.6 is 11.8 Å². The molecule has 3 nitrogen and oxygen atoms in total. The predicted octanol–water partition coefficient (Wildman–Crippen LogP) is 1.12. The van der Waals surface area contributed by atoms with Crippen LogP contribution in [0.2, 0.25) is 0 Å². The molecule has 0 heterocycles. The number of carbonyl (C=O) groups is 1. The van der Waals surface area contributed by atoms with Gasteiger partial charge in [0.1, 0.15) is 0 Å². The number of rotatable bonds is 5. The van der Waals surface area contributed by atoms with Crippen LogP contribution in [0.1, 0.15) is 6.92 Å². The van der Waals surface area contributed by atoms with Gasteiger partial charge in [0.05, 0.1) is 0 Å². The third kappa shape index (κ3) is 4.28. The van der Waals surface area contributed by atoms with Crippen molar-refractivity contribution >= 4 is 37.1 Å². The summed E-state index contributed by atoms with van der Waals surface area (Å²) in [7, 11) is 0. The first-order valence-electron chi connectivity index (χ1n) is 4.71. The van der Waals surface area contributed by atoms with Crippen molar-refractivity contribution < 1.29 is 9.53 Å². The fourth-order valence-corrected chi connectivity index (χ4v) is 3.98. The van der Waals surface area contributed by atoms with Gasteiger partial charge in [0.15, 0.2) is 0 Å². The van der Waals surface area contributed by atoms with E-state index >= 15 is 0 Å². The van der Waals surface area contributed by atoms with Crippen molar-refractivity contribution in [1.82, 2.24) is 0 Å². The van der Waals surface area contributed by atoms with Crippen molar-refractivity contribution in [3.8, 4) is 5.40 Å². The number of thiocyanates is 1. The van der Waals surface area contributed by atoms with E-state index in [4.69, 9.17) is 10.00 Å². The number of ether oxygens (including phenoxy) is 1. The molecule has 84 valence electrons. The Kier molecular flexibility index (Phi) is 6.02. The van der Waals surface area contributed by atoms with Crippen LogP contribution < -0.4 is 4.46 Å². The quantitative estimate of drug-likeness (QED) is 0.464. The molecule has 1 atom stereocenters. The standard InChI is InChI=1S/C11H11NO2SSe/c1-2-14-10(13)11(15-8-12)16-9-6-4-3-5-7-9/h3-7,11H,2H2,1H3. The first kappa shape index (κ1) is 13.1. The molecule has 0 aliphatic heterocycles. The third-order valence-electron chi connectivity index (χ3n) is 1.63. The predicted molar refractivity (Wildman–Crippen MR) is 65.5 cm³/mol. The average Bonchev–Trinajstić information content (AvgIpc) is 2.30. The van der Waals surface area contributed by atoms with Crippen LogP contribution in [-0.2, 0) is 9.53 Å². The molecule has 0 radical (unpaired) electrons. The van der Waals surface area contributed by atoms with Gasteiger partial charge in [-0.1, -0.05) is 0 Å². The molecule has 16 heavy (non-hydrogen) atoms. The zero-order valence-corrected chi connectivity index (χ0v) is 11.3. The van der Waals surface area contributed by atoms with Crippen molar-refractivity contribution in [3.63, 3.8) is 0 Å². The monoisotopic (exact) mass is 301 g/mol. The molecule has 5 heteroatoms. The molecule has 0 N–H and O–H groups in total. The second-order valence-corrected chi connectivity index (χ2v) is 6.76. The Bertz CT molecular complexity index is 377. The van der Waals surface area contributed by atoms with Gasteiger partial charge >= 0.3 is 105 Å². The average molecular weight is 300 g/mol. The van der Waals surface area contributed by atoms with Gasteiger partial charge in [0.25, 0.3) is 0 Å². The number of carbonyl (C=O) groups excluding carboxylic acids is 1. The summed E-state index contributed by atoms with van der Waals surface area (Å²) in [4.78, 5) is 11.6. The molecule has 0 aliphatic rings. The third-order valence-corrected chi connectivity index (χ3v) is 5.24. The Morgan fingerprint density at radius 2 is 2.25 bits per heavy atom. The molecular formula is C11H11NO2SSe. The van der Waals surface area contributed by atoms with Gasteiger partial charge < -0.3 is 0 Å². The van der Waals surface area contributed by atoms with Crippen molar-refractivity contribution in [3.05, 3.63) is 30.3 Å². The minimum atomic E-state index is -0.375. The Labute approximate surface area is 105 Å². The Morgan fingerprint density at radius 3 is 2.81 bits per heavy atom. The van der Waals surface area contributed by atoms with E-state index in [1.807, 2.05) is 35.7 Å². The van der Waals surface area contributed by atoms with Gasteiger partial charge in [0, 0.05) is 0 Å². The topological polar surface area (TPSA) is 50.1 Å². The van der Waals surface area contributed by atoms with Crippen molar-refractivity contribution in [2.45, 2.75) is 11.1 Å². The van der Waals surface area contributed by atoms with Crippen LogP contribution in [0.15, 0.2) is 30.3 Å². The fourth-order valence-electron chi connectivity index (χ4n) is 1.00. The fraction of sp³-hybridized carbons (Fsp3) is 0.273. The molecule has 1 aromatic carbocycles. The maximum atomic E-state index is 11.6. The SMILES string of the molecule is CCOC(=O)C(SC#N)[Se]c1ccccc1. The normalized spacial score (nSPS) is 11.5. The minimum absolute atomic E-state index is 0.0755. The molecule has 0 fully saturated rings. The van der Waals surface area contributed by atoms with Crippen LogP contribution in [0.5, 0.6) is 0 Å². The molecule has 0 amide bonds. The first-order valence-corrected chi connectivity index (χ1v) is 7.43. The maximum absolute atomic E-state index is 11.6. The summed E-state index contributed by atoms with van der Waals surface area (Å²) in [6, 6.07) is 9.71. The number of nitriles is 1. The summed E-state index contributed by atoms with van der Waals surface area (Å²) in [6.45, 7) is 2.12. The summed E-state index contributed by atoms with van der Waals surface area (Å²) in [5.41, 5.74) is 0. The Balaban J connectivity index is 2.65. The number of thioether (sulfide) groups is 1. The van der Waals surface area contributed by atoms with Crippen LogP contribution in [0.3, 0.4) is 0 Å². The van der Waals surface area contributed by atoms with E-state index in [1.54, 1.807) is 6.92 Å². The van der Waals surface area contributed by atoms with Gasteiger partial charge in [-0.25, -0.2) is 0 Å². The zero-order valence-electron chi connectivity index (χ0n) is 8.75. The van der Waals surface area contributed by atoms with Gasteiger partial charge in [-0.3, -0.25) is 0 Å². The number of benzene rings is 1. The molecule has 0 saturated heterocycles. The Morgan fingerprint density at radius 1 is 1.56 bits per heavy atom. The van der Waals surface area contributed by atoms with Crippen LogP contribution in [0.4, 0.5) is 0 Å². The summed E-state index contributed by atoms with van der Waals surface area (Å²) >= 11 is 0.903. The molecule has 0 spiro atoms.